The molecule has 0 amide bonds. The molecule has 4 heteroatoms. The fourth-order valence-electron chi connectivity index (χ4n) is 1.33. The largest absolute Gasteiger partial charge is 0.396 e. The zero-order valence-corrected chi connectivity index (χ0v) is 8.27. The van der Waals surface area contributed by atoms with Crippen LogP contribution in [0.15, 0.2) is 0 Å². The fraction of sp³-hybridized carbons (Fsp3) is 1.00. The van der Waals surface area contributed by atoms with Gasteiger partial charge in [0.1, 0.15) is 0 Å². The van der Waals surface area contributed by atoms with E-state index < -0.39 is 17.8 Å². The first-order chi connectivity index (χ1) is 5.87. The molecule has 0 saturated carbocycles. The molecule has 0 bridgehead atoms. The molecule has 3 unspecified atom stereocenters. The molecule has 0 radical (unpaired) electrons. The smallest absolute Gasteiger partial charge is 0.0666 e. The Bertz CT molecular complexity index is 134. The third-order valence-corrected chi connectivity index (χ3v) is 1.94. The van der Waals surface area contributed by atoms with E-state index in [4.69, 9.17) is 10.2 Å². The predicted octanol–water partition coefficient (Wildman–Crippen LogP) is -0.358. The van der Waals surface area contributed by atoms with Crippen LogP contribution in [0.1, 0.15) is 33.1 Å². The second-order valence-electron chi connectivity index (χ2n) is 3.91. The van der Waals surface area contributed by atoms with Crippen molar-refractivity contribution in [1.82, 2.24) is 0 Å². The third kappa shape index (κ3) is 6.95. The Morgan fingerprint density at radius 3 is 2.23 bits per heavy atom. The van der Waals surface area contributed by atoms with Crippen molar-refractivity contribution in [2.24, 2.45) is 0 Å². The van der Waals surface area contributed by atoms with Gasteiger partial charge < -0.3 is 20.4 Å². The minimum Gasteiger partial charge on any atom is -0.396 e. The average Bonchev–Trinajstić information content (AvgIpc) is 1.81. The van der Waals surface area contributed by atoms with Crippen molar-refractivity contribution in [3.8, 4) is 0 Å². The molecule has 0 aromatic carbocycles. The van der Waals surface area contributed by atoms with Gasteiger partial charge >= 0.3 is 0 Å². The summed E-state index contributed by atoms with van der Waals surface area (Å²) in [7, 11) is 0. The lowest BCUT2D eigenvalue weighted by Gasteiger charge is -2.25. The van der Waals surface area contributed by atoms with E-state index in [1.165, 1.54) is 0 Å². The lowest BCUT2D eigenvalue weighted by Crippen LogP contribution is -2.32. The molecule has 0 spiro atoms. The number of rotatable bonds is 6. The predicted molar refractivity (Wildman–Crippen MR) is 49.2 cm³/mol. The van der Waals surface area contributed by atoms with E-state index in [1.807, 2.05) is 0 Å². The molecule has 0 aromatic rings. The summed E-state index contributed by atoms with van der Waals surface area (Å²) in [4.78, 5) is 0. The lowest BCUT2D eigenvalue weighted by molar-refractivity contribution is -0.0239. The van der Waals surface area contributed by atoms with E-state index in [9.17, 15) is 10.2 Å². The van der Waals surface area contributed by atoms with Crippen LogP contribution in [-0.4, -0.2) is 44.8 Å². The van der Waals surface area contributed by atoms with Crippen LogP contribution in [-0.2, 0) is 0 Å². The Kier molecular flexibility index (Phi) is 5.48. The summed E-state index contributed by atoms with van der Waals surface area (Å²) in [5.74, 6) is 0. The van der Waals surface area contributed by atoms with E-state index in [0.717, 1.165) is 0 Å². The van der Waals surface area contributed by atoms with Crippen LogP contribution in [0.5, 0.6) is 0 Å². The highest BCUT2D eigenvalue weighted by atomic mass is 16.3. The summed E-state index contributed by atoms with van der Waals surface area (Å²) in [5, 5.41) is 36.5. The molecule has 80 valence electrons. The molecule has 0 aromatic heterocycles. The van der Waals surface area contributed by atoms with Gasteiger partial charge in [0.15, 0.2) is 0 Å². The van der Waals surface area contributed by atoms with Crippen molar-refractivity contribution in [1.29, 1.82) is 0 Å². The number of aliphatic hydroxyl groups is 4. The monoisotopic (exact) mass is 192 g/mol. The van der Waals surface area contributed by atoms with Gasteiger partial charge in [-0.15, -0.1) is 0 Å². The molecule has 13 heavy (non-hydrogen) atoms. The Hall–Kier alpha value is -0.160. The summed E-state index contributed by atoms with van der Waals surface area (Å²) in [5.41, 5.74) is -1.05. The maximum absolute atomic E-state index is 9.60. The lowest BCUT2D eigenvalue weighted by atomic mass is 9.93. The highest BCUT2D eigenvalue weighted by Crippen LogP contribution is 2.18. The molecule has 0 aliphatic rings. The Labute approximate surface area is 78.8 Å². The maximum Gasteiger partial charge on any atom is 0.0666 e. The van der Waals surface area contributed by atoms with E-state index >= 15 is 0 Å². The van der Waals surface area contributed by atoms with Crippen LogP contribution in [0.4, 0.5) is 0 Å². The quantitative estimate of drug-likeness (QED) is 0.463. The molecule has 0 saturated heterocycles. The zero-order chi connectivity index (χ0) is 10.5. The molecule has 4 nitrogen and oxygen atoms in total. The number of hydrogen-bond acceptors (Lipinski definition) is 4. The molecule has 0 heterocycles. The van der Waals surface area contributed by atoms with Crippen LogP contribution >= 0.6 is 0 Å². The van der Waals surface area contributed by atoms with Crippen LogP contribution in [0.2, 0.25) is 0 Å². The SMILES string of the molecule is CC(O)CC(O)CC(C)(O)CCO. The van der Waals surface area contributed by atoms with Crippen molar-refractivity contribution in [3.63, 3.8) is 0 Å². The van der Waals surface area contributed by atoms with Gasteiger partial charge in [-0.3, -0.25) is 0 Å². The van der Waals surface area contributed by atoms with Crippen molar-refractivity contribution in [3.05, 3.63) is 0 Å². The first-order valence-electron chi connectivity index (χ1n) is 4.57. The number of hydrogen-bond donors (Lipinski definition) is 4. The van der Waals surface area contributed by atoms with Gasteiger partial charge in [-0.25, -0.2) is 0 Å². The molecular weight excluding hydrogens is 172 g/mol. The molecule has 4 N–H and O–H groups in total. The van der Waals surface area contributed by atoms with Crippen molar-refractivity contribution < 1.29 is 20.4 Å². The molecular formula is C9H20O4. The number of aliphatic hydroxyl groups excluding tert-OH is 3. The molecule has 0 aliphatic carbocycles. The molecule has 0 rings (SSSR count). The van der Waals surface area contributed by atoms with Crippen LogP contribution in [0, 0.1) is 0 Å². The minimum absolute atomic E-state index is 0.103. The Morgan fingerprint density at radius 2 is 1.85 bits per heavy atom. The maximum atomic E-state index is 9.60. The Balaban J connectivity index is 3.81. The van der Waals surface area contributed by atoms with Crippen LogP contribution in [0.3, 0.4) is 0 Å². The zero-order valence-electron chi connectivity index (χ0n) is 8.27. The van der Waals surface area contributed by atoms with Crippen molar-refractivity contribution in [2.75, 3.05) is 6.61 Å². The summed E-state index contributed by atoms with van der Waals surface area (Å²) in [6, 6.07) is 0. The van der Waals surface area contributed by atoms with Gasteiger partial charge in [0.05, 0.1) is 17.8 Å². The van der Waals surface area contributed by atoms with Gasteiger partial charge in [-0.2, -0.15) is 0 Å². The van der Waals surface area contributed by atoms with E-state index in [2.05, 4.69) is 0 Å². The fourth-order valence-corrected chi connectivity index (χ4v) is 1.33. The topological polar surface area (TPSA) is 80.9 Å². The standard InChI is InChI=1S/C9H20O4/c1-7(11)5-8(12)6-9(2,13)3-4-10/h7-8,10-13H,3-6H2,1-2H3. The van der Waals surface area contributed by atoms with E-state index in [1.54, 1.807) is 13.8 Å². The first kappa shape index (κ1) is 12.8. The minimum atomic E-state index is -1.05. The Morgan fingerprint density at radius 1 is 1.31 bits per heavy atom. The van der Waals surface area contributed by atoms with Gasteiger partial charge in [0.25, 0.3) is 0 Å². The summed E-state index contributed by atoms with van der Waals surface area (Å²) >= 11 is 0. The van der Waals surface area contributed by atoms with E-state index in [0.29, 0.717) is 0 Å². The van der Waals surface area contributed by atoms with Gasteiger partial charge in [0.2, 0.25) is 0 Å². The van der Waals surface area contributed by atoms with E-state index in [-0.39, 0.29) is 25.9 Å². The molecule has 0 fully saturated rings. The first-order valence-corrected chi connectivity index (χ1v) is 4.57. The summed E-state index contributed by atoms with van der Waals surface area (Å²) in [6.45, 7) is 3.05. The average molecular weight is 192 g/mol. The van der Waals surface area contributed by atoms with Crippen molar-refractivity contribution in [2.45, 2.75) is 50.9 Å². The van der Waals surface area contributed by atoms with Crippen molar-refractivity contribution >= 4 is 0 Å². The van der Waals surface area contributed by atoms with Gasteiger partial charge in [-0.1, -0.05) is 0 Å². The second-order valence-corrected chi connectivity index (χ2v) is 3.91. The van der Waals surface area contributed by atoms with Crippen LogP contribution < -0.4 is 0 Å². The van der Waals surface area contributed by atoms with Crippen LogP contribution in [0.25, 0.3) is 0 Å². The van der Waals surface area contributed by atoms with Gasteiger partial charge in [0, 0.05) is 13.0 Å². The normalized spacial score (nSPS) is 20.8. The molecule has 3 atom stereocenters. The van der Waals surface area contributed by atoms with Gasteiger partial charge in [-0.05, 0) is 26.7 Å². The third-order valence-electron chi connectivity index (χ3n) is 1.94. The highest BCUT2D eigenvalue weighted by molar-refractivity contribution is 4.77. The second kappa shape index (κ2) is 5.54. The summed E-state index contributed by atoms with van der Waals surface area (Å²) < 4.78 is 0. The highest BCUT2D eigenvalue weighted by Gasteiger charge is 2.24. The molecule has 0 aliphatic heterocycles. The summed E-state index contributed by atoms with van der Waals surface area (Å²) in [6.07, 6.45) is -0.620.